The Balaban J connectivity index is 2.88. The molecule has 88 valence electrons. The van der Waals surface area contributed by atoms with E-state index in [0.29, 0.717) is 5.75 Å². The highest BCUT2D eigenvalue weighted by atomic mass is 19.1. The van der Waals surface area contributed by atoms with Crippen LogP contribution in [0.2, 0.25) is 0 Å². The lowest BCUT2D eigenvalue weighted by atomic mass is 10.2. The van der Waals surface area contributed by atoms with Crippen LogP contribution in [-0.4, -0.2) is 19.1 Å². The Morgan fingerprint density at radius 1 is 1.62 bits per heavy atom. The molecule has 1 aromatic carbocycles. The standard InChI is InChI=1S/C11H15FN2O2/c1-7(11(15)14-2)16-10-5-3-4-9(12)8(10)6-13/h3-5,7H,6,13H2,1-2H3,(H,14,15). The van der Waals surface area contributed by atoms with E-state index in [1.165, 1.54) is 19.2 Å². The predicted octanol–water partition coefficient (Wildman–Crippen LogP) is 0.798. The second-order valence-corrected chi connectivity index (χ2v) is 3.29. The molecule has 0 saturated heterocycles. The zero-order valence-electron chi connectivity index (χ0n) is 9.29. The van der Waals surface area contributed by atoms with Crippen molar-refractivity contribution in [2.24, 2.45) is 5.73 Å². The normalized spacial score (nSPS) is 12.0. The molecule has 0 aliphatic heterocycles. The number of ether oxygens (including phenoxy) is 1. The molecule has 0 radical (unpaired) electrons. The summed E-state index contributed by atoms with van der Waals surface area (Å²) >= 11 is 0. The van der Waals surface area contributed by atoms with E-state index in [9.17, 15) is 9.18 Å². The fraction of sp³-hybridized carbons (Fsp3) is 0.364. The number of halogens is 1. The summed E-state index contributed by atoms with van der Waals surface area (Å²) in [5.41, 5.74) is 5.69. The Morgan fingerprint density at radius 3 is 2.88 bits per heavy atom. The molecule has 0 aliphatic rings. The predicted molar refractivity (Wildman–Crippen MR) is 58.4 cm³/mol. The summed E-state index contributed by atoms with van der Waals surface area (Å²) in [6.45, 7) is 1.62. The molecule has 1 atom stereocenters. The van der Waals surface area contributed by atoms with Crippen molar-refractivity contribution in [3.05, 3.63) is 29.6 Å². The number of carbonyl (C=O) groups excluding carboxylic acids is 1. The molecule has 0 spiro atoms. The van der Waals surface area contributed by atoms with E-state index >= 15 is 0 Å². The van der Waals surface area contributed by atoms with Crippen LogP contribution in [0.25, 0.3) is 0 Å². The Bertz CT molecular complexity index is 382. The third-order valence-corrected chi connectivity index (χ3v) is 2.20. The Labute approximate surface area is 93.6 Å². The molecule has 1 aromatic rings. The van der Waals surface area contributed by atoms with E-state index in [-0.39, 0.29) is 18.0 Å². The van der Waals surface area contributed by atoms with E-state index in [1.54, 1.807) is 13.0 Å². The number of hydrogen-bond acceptors (Lipinski definition) is 3. The Morgan fingerprint density at radius 2 is 2.31 bits per heavy atom. The average Bonchev–Trinajstić information content (AvgIpc) is 2.28. The number of amides is 1. The molecule has 0 heterocycles. The SMILES string of the molecule is CNC(=O)C(C)Oc1cccc(F)c1CN. The van der Waals surface area contributed by atoms with E-state index in [4.69, 9.17) is 10.5 Å². The number of benzene rings is 1. The van der Waals surface area contributed by atoms with Gasteiger partial charge in [0.2, 0.25) is 0 Å². The first kappa shape index (κ1) is 12.4. The van der Waals surface area contributed by atoms with Crippen molar-refractivity contribution in [2.75, 3.05) is 7.05 Å². The minimum Gasteiger partial charge on any atom is -0.480 e. The van der Waals surface area contributed by atoms with Gasteiger partial charge in [0.05, 0.1) is 0 Å². The summed E-state index contributed by atoms with van der Waals surface area (Å²) in [5.74, 6) is -0.394. The summed E-state index contributed by atoms with van der Waals surface area (Å²) in [7, 11) is 1.51. The summed E-state index contributed by atoms with van der Waals surface area (Å²) in [4.78, 5) is 11.2. The van der Waals surface area contributed by atoms with Gasteiger partial charge in [-0.2, -0.15) is 0 Å². The molecular weight excluding hydrogens is 211 g/mol. The number of hydrogen-bond donors (Lipinski definition) is 2. The van der Waals surface area contributed by atoms with Crippen molar-refractivity contribution in [1.29, 1.82) is 0 Å². The first-order chi connectivity index (χ1) is 7.60. The summed E-state index contributed by atoms with van der Waals surface area (Å²) < 4.78 is 18.7. The van der Waals surface area contributed by atoms with Crippen LogP contribution in [0.3, 0.4) is 0 Å². The van der Waals surface area contributed by atoms with Gasteiger partial charge < -0.3 is 15.8 Å². The molecule has 1 rings (SSSR count). The number of nitrogens with one attached hydrogen (secondary N) is 1. The highest BCUT2D eigenvalue weighted by Crippen LogP contribution is 2.21. The van der Waals surface area contributed by atoms with Gasteiger partial charge in [0.25, 0.3) is 5.91 Å². The largest absolute Gasteiger partial charge is 0.480 e. The fourth-order valence-corrected chi connectivity index (χ4v) is 1.29. The van der Waals surface area contributed by atoms with Crippen LogP contribution in [0.4, 0.5) is 4.39 Å². The summed E-state index contributed by atoms with van der Waals surface area (Å²) in [5, 5.41) is 2.45. The monoisotopic (exact) mass is 226 g/mol. The second-order valence-electron chi connectivity index (χ2n) is 3.29. The lowest BCUT2D eigenvalue weighted by Crippen LogP contribution is -2.34. The highest BCUT2D eigenvalue weighted by molar-refractivity contribution is 5.80. The Hall–Kier alpha value is -1.62. The van der Waals surface area contributed by atoms with Crippen molar-refractivity contribution in [1.82, 2.24) is 5.32 Å². The van der Waals surface area contributed by atoms with Crippen LogP contribution >= 0.6 is 0 Å². The van der Waals surface area contributed by atoms with Crippen LogP contribution in [0.1, 0.15) is 12.5 Å². The second kappa shape index (κ2) is 5.46. The summed E-state index contributed by atoms with van der Waals surface area (Å²) in [6.07, 6.45) is -0.683. The maximum Gasteiger partial charge on any atom is 0.260 e. The molecule has 0 aliphatic carbocycles. The molecule has 0 fully saturated rings. The van der Waals surface area contributed by atoms with E-state index < -0.39 is 11.9 Å². The smallest absolute Gasteiger partial charge is 0.260 e. The lowest BCUT2D eigenvalue weighted by Gasteiger charge is -2.15. The summed E-state index contributed by atoms with van der Waals surface area (Å²) in [6, 6.07) is 4.41. The van der Waals surface area contributed by atoms with Gasteiger partial charge >= 0.3 is 0 Å². The average molecular weight is 226 g/mol. The molecule has 3 N–H and O–H groups in total. The van der Waals surface area contributed by atoms with Crippen molar-refractivity contribution < 1.29 is 13.9 Å². The minimum atomic E-state index is -0.683. The quantitative estimate of drug-likeness (QED) is 0.798. The lowest BCUT2D eigenvalue weighted by molar-refractivity contribution is -0.126. The zero-order chi connectivity index (χ0) is 12.1. The number of nitrogens with two attached hydrogens (primary N) is 1. The van der Waals surface area contributed by atoms with Gasteiger partial charge in [0.1, 0.15) is 11.6 Å². The number of likely N-dealkylation sites (N-methyl/N-ethyl adjacent to an activating group) is 1. The first-order valence-electron chi connectivity index (χ1n) is 4.95. The molecule has 0 aromatic heterocycles. The van der Waals surface area contributed by atoms with Crippen molar-refractivity contribution in [2.45, 2.75) is 19.6 Å². The molecule has 5 heteroatoms. The topological polar surface area (TPSA) is 64.3 Å². The minimum absolute atomic E-state index is 0.0302. The van der Waals surface area contributed by atoms with Crippen molar-refractivity contribution in [3.63, 3.8) is 0 Å². The van der Waals surface area contributed by atoms with Gasteiger partial charge in [0.15, 0.2) is 6.10 Å². The fourth-order valence-electron chi connectivity index (χ4n) is 1.29. The van der Waals surface area contributed by atoms with Gasteiger partial charge in [-0.25, -0.2) is 4.39 Å². The van der Waals surface area contributed by atoms with Gasteiger partial charge in [-0.1, -0.05) is 6.07 Å². The van der Waals surface area contributed by atoms with Crippen LogP contribution < -0.4 is 15.8 Å². The maximum atomic E-state index is 13.3. The highest BCUT2D eigenvalue weighted by Gasteiger charge is 2.15. The molecule has 1 amide bonds. The van der Waals surface area contributed by atoms with E-state index in [2.05, 4.69) is 5.32 Å². The van der Waals surface area contributed by atoms with Gasteiger partial charge in [-0.3, -0.25) is 4.79 Å². The molecule has 16 heavy (non-hydrogen) atoms. The molecular formula is C11H15FN2O2. The van der Waals surface area contributed by atoms with Gasteiger partial charge in [-0.05, 0) is 19.1 Å². The van der Waals surface area contributed by atoms with E-state index in [0.717, 1.165) is 0 Å². The molecule has 4 nitrogen and oxygen atoms in total. The third-order valence-electron chi connectivity index (χ3n) is 2.20. The van der Waals surface area contributed by atoms with Crippen LogP contribution in [0.15, 0.2) is 18.2 Å². The van der Waals surface area contributed by atoms with E-state index in [1.807, 2.05) is 0 Å². The van der Waals surface area contributed by atoms with Crippen LogP contribution in [0, 0.1) is 5.82 Å². The number of rotatable bonds is 4. The Kier molecular flexibility index (Phi) is 4.25. The molecule has 0 saturated carbocycles. The van der Waals surface area contributed by atoms with Gasteiger partial charge in [-0.15, -0.1) is 0 Å². The zero-order valence-corrected chi connectivity index (χ0v) is 9.29. The molecule has 0 bridgehead atoms. The maximum absolute atomic E-state index is 13.3. The number of carbonyl (C=O) groups is 1. The molecule has 1 unspecified atom stereocenters. The van der Waals surface area contributed by atoms with Crippen LogP contribution in [-0.2, 0) is 11.3 Å². The van der Waals surface area contributed by atoms with Crippen molar-refractivity contribution >= 4 is 5.91 Å². The van der Waals surface area contributed by atoms with Gasteiger partial charge in [0, 0.05) is 19.2 Å². The first-order valence-corrected chi connectivity index (χ1v) is 4.95. The third kappa shape index (κ3) is 2.70. The van der Waals surface area contributed by atoms with Crippen molar-refractivity contribution in [3.8, 4) is 5.75 Å². The van der Waals surface area contributed by atoms with Crippen LogP contribution in [0.5, 0.6) is 5.75 Å².